The van der Waals surface area contributed by atoms with E-state index in [9.17, 15) is 17.2 Å². The summed E-state index contributed by atoms with van der Waals surface area (Å²) in [5.41, 5.74) is 0.0812. The first-order valence-electron chi connectivity index (χ1n) is 5.07. The second kappa shape index (κ2) is 5.66. The van der Waals surface area contributed by atoms with E-state index in [1.165, 1.54) is 6.07 Å². The molecular formula is C11H8BrF2NO2S2. The smallest absolute Gasteiger partial charge is 0.207 e. The van der Waals surface area contributed by atoms with Crippen LogP contribution in [0.4, 0.5) is 8.78 Å². The Balaban J connectivity index is 2.17. The van der Waals surface area contributed by atoms with E-state index in [1.807, 2.05) is 0 Å². The lowest BCUT2D eigenvalue weighted by atomic mass is 10.2. The predicted molar refractivity (Wildman–Crippen MR) is 72.4 cm³/mol. The molecule has 0 fully saturated rings. The van der Waals surface area contributed by atoms with Gasteiger partial charge in [-0.05, 0) is 33.4 Å². The first-order chi connectivity index (χ1) is 8.90. The van der Waals surface area contributed by atoms with E-state index < -0.39 is 21.7 Å². The topological polar surface area (TPSA) is 46.2 Å². The highest BCUT2D eigenvalue weighted by Gasteiger charge is 2.19. The fourth-order valence-corrected chi connectivity index (χ4v) is 4.76. The molecular weight excluding hydrogens is 360 g/mol. The molecule has 0 radical (unpaired) electrons. The summed E-state index contributed by atoms with van der Waals surface area (Å²) in [6, 6.07) is 4.60. The molecule has 102 valence electrons. The van der Waals surface area contributed by atoms with E-state index in [4.69, 9.17) is 0 Å². The van der Waals surface area contributed by atoms with E-state index in [1.54, 1.807) is 11.4 Å². The second-order valence-electron chi connectivity index (χ2n) is 3.62. The van der Waals surface area contributed by atoms with Crippen LogP contribution in [0.5, 0.6) is 0 Å². The number of hydrogen-bond acceptors (Lipinski definition) is 3. The van der Waals surface area contributed by atoms with Crippen LogP contribution in [0, 0.1) is 11.6 Å². The Kier molecular flexibility index (Phi) is 4.34. The maximum atomic E-state index is 13.4. The second-order valence-corrected chi connectivity index (χ2v) is 7.35. The third-order valence-corrected chi connectivity index (χ3v) is 6.37. The summed E-state index contributed by atoms with van der Waals surface area (Å²) in [6.45, 7) is -0.237. The molecule has 3 nitrogen and oxygen atoms in total. The van der Waals surface area contributed by atoms with Gasteiger partial charge in [0.2, 0.25) is 0 Å². The van der Waals surface area contributed by atoms with Crippen LogP contribution in [0.15, 0.2) is 38.3 Å². The standard InChI is InChI=1S/C11H8BrF2NO2S2/c12-9-3-4-18-11(9)19(16,17)15-6-7-1-2-8(13)5-10(7)14/h1-5,15H,6H2. The van der Waals surface area contributed by atoms with Gasteiger partial charge in [-0.1, -0.05) is 6.07 Å². The summed E-state index contributed by atoms with van der Waals surface area (Å²) in [6.07, 6.45) is 0. The van der Waals surface area contributed by atoms with E-state index in [0.717, 1.165) is 17.4 Å². The fraction of sp³-hybridized carbons (Fsp3) is 0.0909. The van der Waals surface area contributed by atoms with Gasteiger partial charge in [0.25, 0.3) is 10.0 Å². The number of halogens is 3. The summed E-state index contributed by atoms with van der Waals surface area (Å²) >= 11 is 4.17. The van der Waals surface area contributed by atoms with Crippen LogP contribution in [0.25, 0.3) is 0 Å². The third kappa shape index (κ3) is 3.38. The quantitative estimate of drug-likeness (QED) is 0.901. The predicted octanol–water partition coefficient (Wildman–Crippen LogP) is 3.27. The molecule has 8 heteroatoms. The van der Waals surface area contributed by atoms with Gasteiger partial charge in [0.05, 0.1) is 0 Å². The van der Waals surface area contributed by atoms with Crippen LogP contribution < -0.4 is 4.72 Å². The highest BCUT2D eigenvalue weighted by molar-refractivity contribution is 9.10. The maximum Gasteiger partial charge on any atom is 0.251 e. The van der Waals surface area contributed by atoms with Crippen molar-refractivity contribution in [3.05, 3.63) is 51.3 Å². The average Bonchev–Trinajstić information content (AvgIpc) is 2.75. The summed E-state index contributed by atoms with van der Waals surface area (Å²) < 4.78 is 52.8. The van der Waals surface area contributed by atoms with Gasteiger partial charge in [-0.3, -0.25) is 0 Å². The molecule has 1 N–H and O–H groups in total. The molecule has 0 aliphatic heterocycles. The van der Waals surface area contributed by atoms with Crippen molar-refractivity contribution in [1.29, 1.82) is 0 Å². The lowest BCUT2D eigenvalue weighted by molar-refractivity contribution is 0.563. The van der Waals surface area contributed by atoms with Gasteiger partial charge in [0.15, 0.2) is 0 Å². The Bertz CT molecular complexity index is 700. The van der Waals surface area contributed by atoms with Crippen LogP contribution in [0.2, 0.25) is 0 Å². The van der Waals surface area contributed by atoms with Crippen molar-refractivity contribution >= 4 is 37.3 Å². The van der Waals surface area contributed by atoms with Crippen molar-refractivity contribution in [3.8, 4) is 0 Å². The molecule has 0 unspecified atom stereocenters. The zero-order chi connectivity index (χ0) is 14.0. The number of benzene rings is 1. The number of hydrogen-bond donors (Lipinski definition) is 1. The van der Waals surface area contributed by atoms with E-state index >= 15 is 0 Å². The van der Waals surface area contributed by atoms with Gasteiger partial charge >= 0.3 is 0 Å². The summed E-state index contributed by atoms with van der Waals surface area (Å²) in [5, 5.41) is 1.62. The van der Waals surface area contributed by atoms with Crippen molar-refractivity contribution in [1.82, 2.24) is 4.72 Å². The van der Waals surface area contributed by atoms with Crippen molar-refractivity contribution in [2.45, 2.75) is 10.8 Å². The molecule has 0 aliphatic rings. The minimum atomic E-state index is -3.71. The number of rotatable bonds is 4. The molecule has 1 aromatic heterocycles. The van der Waals surface area contributed by atoms with Gasteiger partial charge in [-0.25, -0.2) is 21.9 Å². The minimum absolute atomic E-state index is 0.0812. The summed E-state index contributed by atoms with van der Waals surface area (Å²) in [5.74, 6) is -1.49. The lowest BCUT2D eigenvalue weighted by Gasteiger charge is -2.06. The molecule has 0 saturated carbocycles. The monoisotopic (exact) mass is 367 g/mol. The lowest BCUT2D eigenvalue weighted by Crippen LogP contribution is -2.23. The number of thiophene rings is 1. The molecule has 2 aromatic rings. The molecule has 19 heavy (non-hydrogen) atoms. The molecule has 1 heterocycles. The van der Waals surface area contributed by atoms with Crippen molar-refractivity contribution in [3.63, 3.8) is 0 Å². The van der Waals surface area contributed by atoms with Gasteiger partial charge in [-0.2, -0.15) is 0 Å². The van der Waals surface area contributed by atoms with Crippen molar-refractivity contribution in [2.75, 3.05) is 0 Å². The van der Waals surface area contributed by atoms with Crippen LogP contribution >= 0.6 is 27.3 Å². The highest BCUT2D eigenvalue weighted by Crippen LogP contribution is 2.27. The van der Waals surface area contributed by atoms with Crippen LogP contribution in [0.1, 0.15) is 5.56 Å². The number of sulfonamides is 1. The van der Waals surface area contributed by atoms with E-state index in [0.29, 0.717) is 10.5 Å². The van der Waals surface area contributed by atoms with Crippen molar-refractivity contribution < 1.29 is 17.2 Å². The Morgan fingerprint density at radius 3 is 2.58 bits per heavy atom. The van der Waals surface area contributed by atoms with E-state index in [2.05, 4.69) is 20.7 Å². The summed E-state index contributed by atoms with van der Waals surface area (Å²) in [7, 11) is -3.71. The zero-order valence-electron chi connectivity index (χ0n) is 9.36. The highest BCUT2D eigenvalue weighted by atomic mass is 79.9. The average molecular weight is 368 g/mol. The molecule has 0 aliphatic carbocycles. The van der Waals surface area contributed by atoms with E-state index in [-0.39, 0.29) is 16.3 Å². The van der Waals surface area contributed by atoms with Gasteiger partial charge in [0, 0.05) is 22.6 Å². The molecule has 0 atom stereocenters. The Labute approximate surface area is 121 Å². The van der Waals surface area contributed by atoms with Gasteiger partial charge in [0.1, 0.15) is 15.8 Å². The first-order valence-corrected chi connectivity index (χ1v) is 8.22. The van der Waals surface area contributed by atoms with Gasteiger partial charge in [-0.15, -0.1) is 11.3 Å². The molecule has 0 spiro atoms. The summed E-state index contributed by atoms with van der Waals surface area (Å²) in [4.78, 5) is 0. The Hall–Kier alpha value is -0.830. The van der Waals surface area contributed by atoms with Crippen LogP contribution in [-0.2, 0) is 16.6 Å². The van der Waals surface area contributed by atoms with Crippen LogP contribution in [-0.4, -0.2) is 8.42 Å². The molecule has 1 aromatic carbocycles. The molecule has 0 amide bonds. The SMILES string of the molecule is O=S(=O)(NCc1ccc(F)cc1F)c1sccc1Br. The maximum absolute atomic E-state index is 13.4. The van der Waals surface area contributed by atoms with Gasteiger partial charge < -0.3 is 0 Å². The fourth-order valence-electron chi connectivity index (χ4n) is 1.37. The Morgan fingerprint density at radius 1 is 1.26 bits per heavy atom. The third-order valence-electron chi connectivity index (χ3n) is 2.30. The largest absolute Gasteiger partial charge is 0.251 e. The minimum Gasteiger partial charge on any atom is -0.207 e. The first kappa shape index (κ1) is 14.6. The zero-order valence-corrected chi connectivity index (χ0v) is 12.6. The number of nitrogens with one attached hydrogen (secondary N) is 1. The Morgan fingerprint density at radius 2 is 2.00 bits per heavy atom. The molecule has 2 rings (SSSR count). The molecule has 0 saturated heterocycles. The molecule has 0 bridgehead atoms. The van der Waals surface area contributed by atoms with Crippen molar-refractivity contribution in [2.24, 2.45) is 0 Å². The van der Waals surface area contributed by atoms with Crippen LogP contribution in [0.3, 0.4) is 0 Å². The normalized spacial score (nSPS) is 11.7.